The van der Waals surface area contributed by atoms with E-state index in [4.69, 9.17) is 5.11 Å². The summed E-state index contributed by atoms with van der Waals surface area (Å²) in [5, 5.41) is 12.7. The summed E-state index contributed by atoms with van der Waals surface area (Å²) in [6.45, 7) is 6.66. The average molecular weight is 198 g/mol. The topological polar surface area (TPSA) is 35.5 Å². The maximum atomic E-state index is 9.16. The van der Waals surface area contributed by atoms with Crippen LogP contribution in [0.4, 0.5) is 0 Å². The minimum atomic E-state index is -0.163. The summed E-state index contributed by atoms with van der Waals surface area (Å²) in [5.74, 6) is 0.897. The summed E-state index contributed by atoms with van der Waals surface area (Å²) >= 11 is 0. The third kappa shape index (κ3) is 2.47. The van der Waals surface area contributed by atoms with E-state index >= 15 is 0 Å². The molecule has 2 unspecified atom stereocenters. The number of aliphatic hydroxyl groups is 1. The molecule has 2 N–H and O–H groups in total. The second kappa shape index (κ2) is 4.60. The van der Waals surface area contributed by atoms with Gasteiger partial charge in [-0.1, -0.05) is 0 Å². The maximum absolute atomic E-state index is 9.16. The van der Waals surface area contributed by atoms with Crippen molar-refractivity contribution in [3.63, 3.8) is 0 Å². The lowest BCUT2D eigenvalue weighted by molar-refractivity contribution is 0.0704. The maximum Gasteiger partial charge on any atom is 0.0524 e. The van der Waals surface area contributed by atoms with E-state index < -0.39 is 0 Å². The molecule has 0 aliphatic carbocycles. The second-order valence-corrected chi connectivity index (χ2v) is 4.84. The van der Waals surface area contributed by atoms with Gasteiger partial charge in [0.1, 0.15) is 0 Å². The molecular formula is C11H22N2O. The highest BCUT2D eigenvalue weighted by molar-refractivity contribution is 4.90. The van der Waals surface area contributed by atoms with Crippen molar-refractivity contribution in [2.24, 2.45) is 5.92 Å². The number of nitrogens with one attached hydrogen (secondary N) is 1. The van der Waals surface area contributed by atoms with Crippen LogP contribution in [0.2, 0.25) is 0 Å². The van der Waals surface area contributed by atoms with Crippen LogP contribution >= 0.6 is 0 Å². The number of piperidine rings is 3. The van der Waals surface area contributed by atoms with Crippen LogP contribution in [0.3, 0.4) is 0 Å². The first kappa shape index (κ1) is 10.4. The fourth-order valence-corrected chi connectivity index (χ4v) is 2.67. The molecule has 3 aliphatic rings. The molecule has 0 amide bonds. The van der Waals surface area contributed by atoms with Gasteiger partial charge in [-0.25, -0.2) is 0 Å². The predicted molar refractivity (Wildman–Crippen MR) is 57.3 cm³/mol. The standard InChI is InChI=1S/C11H22N2O/c1-9(14)2-5-12-11-8-13-6-3-10(11)4-7-13/h9-12,14H,2-8H2,1H3. The molecule has 0 saturated carbocycles. The zero-order chi connectivity index (χ0) is 9.97. The van der Waals surface area contributed by atoms with Gasteiger partial charge in [0.05, 0.1) is 6.10 Å². The van der Waals surface area contributed by atoms with E-state index in [0.29, 0.717) is 6.04 Å². The van der Waals surface area contributed by atoms with E-state index in [1.807, 2.05) is 6.92 Å². The molecule has 82 valence electrons. The molecule has 3 heteroatoms. The Hall–Kier alpha value is -0.120. The van der Waals surface area contributed by atoms with Crippen LogP contribution in [0, 0.1) is 5.92 Å². The van der Waals surface area contributed by atoms with Gasteiger partial charge in [-0.05, 0) is 51.7 Å². The minimum Gasteiger partial charge on any atom is -0.393 e. The molecule has 2 atom stereocenters. The van der Waals surface area contributed by atoms with Gasteiger partial charge in [0.15, 0.2) is 0 Å². The summed E-state index contributed by atoms with van der Waals surface area (Å²) < 4.78 is 0. The van der Waals surface area contributed by atoms with Crippen LogP contribution in [0.25, 0.3) is 0 Å². The van der Waals surface area contributed by atoms with Gasteiger partial charge in [0.25, 0.3) is 0 Å². The normalized spacial score (nSPS) is 38.6. The number of nitrogens with zero attached hydrogens (tertiary/aromatic N) is 1. The monoisotopic (exact) mass is 198 g/mol. The number of fused-ring (bicyclic) bond motifs is 3. The molecule has 3 aliphatic heterocycles. The van der Waals surface area contributed by atoms with Crippen LogP contribution in [-0.2, 0) is 0 Å². The SMILES string of the molecule is CC(O)CCNC1CN2CCC1CC2. The highest BCUT2D eigenvalue weighted by Crippen LogP contribution is 2.27. The summed E-state index contributed by atoms with van der Waals surface area (Å²) in [6, 6.07) is 0.691. The summed E-state index contributed by atoms with van der Waals surface area (Å²) in [7, 11) is 0. The van der Waals surface area contributed by atoms with Gasteiger partial charge < -0.3 is 15.3 Å². The molecular weight excluding hydrogens is 176 g/mol. The van der Waals surface area contributed by atoms with Crippen LogP contribution in [-0.4, -0.2) is 48.3 Å². The zero-order valence-electron chi connectivity index (χ0n) is 9.08. The van der Waals surface area contributed by atoms with Crippen molar-refractivity contribution in [1.82, 2.24) is 10.2 Å². The Morgan fingerprint density at radius 1 is 1.43 bits per heavy atom. The molecule has 3 rings (SSSR count). The Kier molecular flexibility index (Phi) is 3.42. The first-order chi connectivity index (χ1) is 6.75. The van der Waals surface area contributed by atoms with Crippen molar-refractivity contribution >= 4 is 0 Å². The number of hydrogen-bond acceptors (Lipinski definition) is 3. The quantitative estimate of drug-likeness (QED) is 0.688. The Balaban J connectivity index is 1.71. The largest absolute Gasteiger partial charge is 0.393 e. The Labute approximate surface area is 86.5 Å². The molecule has 0 radical (unpaired) electrons. The van der Waals surface area contributed by atoms with E-state index in [1.165, 1.54) is 32.5 Å². The number of rotatable bonds is 4. The lowest BCUT2D eigenvalue weighted by Gasteiger charge is -2.45. The summed E-state index contributed by atoms with van der Waals surface area (Å²) in [6.07, 6.45) is 3.45. The van der Waals surface area contributed by atoms with Gasteiger partial charge >= 0.3 is 0 Å². The Bertz CT molecular complexity index is 176. The van der Waals surface area contributed by atoms with E-state index in [9.17, 15) is 0 Å². The molecule has 0 aromatic rings. The average Bonchev–Trinajstić information content (AvgIpc) is 2.19. The van der Waals surface area contributed by atoms with Crippen LogP contribution < -0.4 is 5.32 Å². The molecule has 14 heavy (non-hydrogen) atoms. The fourth-order valence-electron chi connectivity index (χ4n) is 2.67. The summed E-state index contributed by atoms with van der Waals surface area (Å²) in [5.41, 5.74) is 0. The molecule has 3 heterocycles. The van der Waals surface area contributed by atoms with E-state index in [-0.39, 0.29) is 6.10 Å². The van der Waals surface area contributed by atoms with Crippen molar-refractivity contribution in [2.75, 3.05) is 26.2 Å². The van der Waals surface area contributed by atoms with Crippen molar-refractivity contribution in [3.05, 3.63) is 0 Å². The first-order valence-electron chi connectivity index (χ1n) is 5.89. The number of hydrogen-bond donors (Lipinski definition) is 2. The van der Waals surface area contributed by atoms with Gasteiger partial charge in [0.2, 0.25) is 0 Å². The molecule has 0 aromatic heterocycles. The van der Waals surface area contributed by atoms with E-state index in [0.717, 1.165) is 18.9 Å². The van der Waals surface area contributed by atoms with Crippen molar-refractivity contribution in [1.29, 1.82) is 0 Å². The van der Waals surface area contributed by atoms with Crippen LogP contribution in [0.1, 0.15) is 26.2 Å². The molecule has 0 aromatic carbocycles. The predicted octanol–water partition coefficient (Wildman–Crippen LogP) is 0.441. The third-order valence-corrected chi connectivity index (χ3v) is 3.62. The van der Waals surface area contributed by atoms with Crippen molar-refractivity contribution in [2.45, 2.75) is 38.3 Å². The Morgan fingerprint density at radius 2 is 2.14 bits per heavy atom. The summed E-state index contributed by atoms with van der Waals surface area (Å²) in [4.78, 5) is 2.56. The molecule has 2 bridgehead atoms. The lowest BCUT2D eigenvalue weighted by Crippen LogP contribution is -2.56. The van der Waals surface area contributed by atoms with Crippen molar-refractivity contribution in [3.8, 4) is 0 Å². The Morgan fingerprint density at radius 3 is 2.64 bits per heavy atom. The van der Waals surface area contributed by atoms with Crippen molar-refractivity contribution < 1.29 is 5.11 Å². The van der Waals surface area contributed by atoms with Gasteiger partial charge in [0, 0.05) is 12.6 Å². The molecule has 3 saturated heterocycles. The highest BCUT2D eigenvalue weighted by Gasteiger charge is 2.33. The van der Waals surface area contributed by atoms with E-state index in [1.54, 1.807) is 0 Å². The molecule has 3 fully saturated rings. The number of aliphatic hydroxyl groups excluding tert-OH is 1. The lowest BCUT2D eigenvalue weighted by atomic mass is 9.84. The smallest absolute Gasteiger partial charge is 0.0524 e. The first-order valence-corrected chi connectivity index (χ1v) is 5.89. The van der Waals surface area contributed by atoms with Gasteiger partial charge in [-0.3, -0.25) is 0 Å². The zero-order valence-corrected chi connectivity index (χ0v) is 9.08. The molecule has 0 spiro atoms. The van der Waals surface area contributed by atoms with Crippen LogP contribution in [0.5, 0.6) is 0 Å². The second-order valence-electron chi connectivity index (χ2n) is 4.84. The third-order valence-electron chi connectivity index (χ3n) is 3.62. The van der Waals surface area contributed by atoms with E-state index in [2.05, 4.69) is 10.2 Å². The fraction of sp³-hybridized carbons (Fsp3) is 1.00. The van der Waals surface area contributed by atoms with Crippen LogP contribution in [0.15, 0.2) is 0 Å². The van der Waals surface area contributed by atoms with Gasteiger partial charge in [-0.2, -0.15) is 0 Å². The van der Waals surface area contributed by atoms with Gasteiger partial charge in [-0.15, -0.1) is 0 Å². The minimum absolute atomic E-state index is 0.163. The highest BCUT2D eigenvalue weighted by atomic mass is 16.3. The molecule has 3 nitrogen and oxygen atoms in total.